The average molecular weight is 362 g/mol. The standard InChI is InChI=1S/C17H22N4O3S/c1-3-12(4-2)9-18-17(22)16-14-10-20-25(23,24)15-8-6-5-7-13(15)21(14)11-19-16/h5-8,11-12,20H,3-4,9-10H2,1-2H3,(H,18,22). The molecule has 0 aliphatic carbocycles. The predicted molar refractivity (Wildman–Crippen MR) is 94.0 cm³/mol. The Hall–Kier alpha value is -2.19. The Morgan fingerprint density at radius 1 is 1.32 bits per heavy atom. The summed E-state index contributed by atoms with van der Waals surface area (Å²) in [6, 6.07) is 6.68. The van der Waals surface area contributed by atoms with E-state index in [9.17, 15) is 13.2 Å². The van der Waals surface area contributed by atoms with Gasteiger partial charge in [-0.05, 0) is 18.1 Å². The van der Waals surface area contributed by atoms with Crippen LogP contribution in [0.15, 0.2) is 35.5 Å². The van der Waals surface area contributed by atoms with Crippen molar-refractivity contribution in [3.05, 3.63) is 42.0 Å². The molecular formula is C17H22N4O3S. The normalized spacial score (nSPS) is 15.3. The van der Waals surface area contributed by atoms with Gasteiger partial charge in [0.1, 0.15) is 11.2 Å². The number of hydrogen-bond donors (Lipinski definition) is 2. The molecule has 0 bridgehead atoms. The number of benzene rings is 1. The Kier molecular flexibility index (Phi) is 4.91. The lowest BCUT2D eigenvalue weighted by molar-refractivity contribution is 0.0940. The fourth-order valence-corrected chi connectivity index (χ4v) is 4.14. The molecule has 0 unspecified atom stereocenters. The van der Waals surface area contributed by atoms with Gasteiger partial charge in [-0.15, -0.1) is 0 Å². The fourth-order valence-electron chi connectivity index (χ4n) is 2.96. The van der Waals surface area contributed by atoms with Crippen molar-refractivity contribution >= 4 is 15.9 Å². The van der Waals surface area contributed by atoms with Gasteiger partial charge in [-0.2, -0.15) is 0 Å². The lowest BCUT2D eigenvalue weighted by atomic mass is 10.0. The Morgan fingerprint density at radius 2 is 2.04 bits per heavy atom. The van der Waals surface area contributed by atoms with Gasteiger partial charge in [0.25, 0.3) is 5.91 Å². The molecule has 0 fully saturated rings. The smallest absolute Gasteiger partial charge is 0.271 e. The van der Waals surface area contributed by atoms with E-state index in [0.717, 1.165) is 12.8 Å². The topological polar surface area (TPSA) is 93.1 Å². The molecule has 3 rings (SSSR count). The average Bonchev–Trinajstić information content (AvgIpc) is 3.00. The first-order chi connectivity index (χ1) is 12.0. The highest BCUT2D eigenvalue weighted by Crippen LogP contribution is 2.26. The van der Waals surface area contributed by atoms with Crippen LogP contribution >= 0.6 is 0 Å². The second kappa shape index (κ2) is 6.97. The lowest BCUT2D eigenvalue weighted by Crippen LogP contribution is -2.31. The van der Waals surface area contributed by atoms with E-state index in [1.54, 1.807) is 28.8 Å². The minimum absolute atomic E-state index is 0.0186. The number of carbonyl (C=O) groups excluding carboxylic acids is 1. The van der Waals surface area contributed by atoms with E-state index in [-0.39, 0.29) is 23.0 Å². The number of rotatable bonds is 5. The van der Waals surface area contributed by atoms with Crippen molar-refractivity contribution in [2.75, 3.05) is 6.54 Å². The van der Waals surface area contributed by atoms with Crippen LogP contribution in [0.25, 0.3) is 5.69 Å². The Morgan fingerprint density at radius 3 is 2.76 bits per heavy atom. The third-order valence-corrected chi connectivity index (χ3v) is 6.08. The van der Waals surface area contributed by atoms with Gasteiger partial charge in [-0.1, -0.05) is 38.8 Å². The fraction of sp³-hybridized carbons (Fsp3) is 0.412. The monoisotopic (exact) mass is 362 g/mol. The molecule has 8 heteroatoms. The van der Waals surface area contributed by atoms with Crippen molar-refractivity contribution in [3.63, 3.8) is 0 Å². The predicted octanol–water partition coefficient (Wildman–Crippen LogP) is 1.83. The number of nitrogens with zero attached hydrogens (tertiary/aromatic N) is 2. The van der Waals surface area contributed by atoms with Crippen LogP contribution in [0.3, 0.4) is 0 Å². The van der Waals surface area contributed by atoms with E-state index >= 15 is 0 Å². The van der Waals surface area contributed by atoms with Gasteiger partial charge in [-0.3, -0.25) is 9.36 Å². The van der Waals surface area contributed by atoms with Crippen LogP contribution in [0.4, 0.5) is 0 Å². The van der Waals surface area contributed by atoms with Crippen LogP contribution in [-0.2, 0) is 16.6 Å². The van der Waals surface area contributed by atoms with Crippen molar-refractivity contribution in [2.45, 2.75) is 38.1 Å². The summed E-state index contributed by atoms with van der Waals surface area (Å²) in [4.78, 5) is 16.9. The van der Waals surface area contributed by atoms with Gasteiger partial charge in [0, 0.05) is 6.54 Å². The molecule has 2 heterocycles. The van der Waals surface area contributed by atoms with Gasteiger partial charge in [0.05, 0.1) is 17.9 Å². The second-order valence-corrected chi connectivity index (χ2v) is 7.83. The third-order valence-electron chi connectivity index (χ3n) is 4.63. The number of fused-ring (bicyclic) bond motifs is 3. The van der Waals surface area contributed by atoms with E-state index in [1.165, 1.54) is 6.33 Å². The molecular weight excluding hydrogens is 340 g/mol. The highest BCUT2D eigenvalue weighted by Gasteiger charge is 2.28. The van der Waals surface area contributed by atoms with Crippen LogP contribution in [0.1, 0.15) is 42.9 Å². The molecule has 0 saturated carbocycles. The summed E-state index contributed by atoms with van der Waals surface area (Å²) in [6.07, 6.45) is 3.49. The maximum atomic E-state index is 12.5. The second-order valence-electron chi connectivity index (χ2n) is 6.09. The number of imidazole rings is 1. The molecule has 0 atom stereocenters. The van der Waals surface area contributed by atoms with Crippen molar-refractivity contribution in [2.24, 2.45) is 5.92 Å². The molecule has 1 aliphatic heterocycles. The van der Waals surface area contributed by atoms with Crippen LogP contribution in [0.5, 0.6) is 0 Å². The molecule has 2 aromatic rings. The number of nitrogens with one attached hydrogen (secondary N) is 2. The van der Waals surface area contributed by atoms with Crippen molar-refractivity contribution < 1.29 is 13.2 Å². The Labute approximate surface area is 147 Å². The molecule has 0 spiro atoms. The first-order valence-corrected chi connectivity index (χ1v) is 9.89. The molecule has 25 heavy (non-hydrogen) atoms. The van der Waals surface area contributed by atoms with Crippen LogP contribution < -0.4 is 10.0 Å². The summed E-state index contributed by atoms with van der Waals surface area (Å²) in [5.74, 6) is 0.142. The van der Waals surface area contributed by atoms with E-state index in [2.05, 4.69) is 28.9 Å². The van der Waals surface area contributed by atoms with Gasteiger partial charge < -0.3 is 5.32 Å². The Balaban J connectivity index is 1.94. The third kappa shape index (κ3) is 3.32. The minimum Gasteiger partial charge on any atom is -0.350 e. The quantitative estimate of drug-likeness (QED) is 0.849. The summed E-state index contributed by atoms with van der Waals surface area (Å²) >= 11 is 0. The molecule has 1 amide bonds. The molecule has 134 valence electrons. The number of para-hydroxylation sites is 1. The minimum atomic E-state index is -3.62. The highest BCUT2D eigenvalue weighted by atomic mass is 32.2. The lowest BCUT2D eigenvalue weighted by Gasteiger charge is -2.13. The van der Waals surface area contributed by atoms with E-state index in [4.69, 9.17) is 0 Å². The zero-order valence-corrected chi connectivity index (χ0v) is 15.1. The van der Waals surface area contributed by atoms with Crippen LogP contribution in [-0.4, -0.2) is 30.4 Å². The van der Waals surface area contributed by atoms with Crippen LogP contribution in [0, 0.1) is 5.92 Å². The molecule has 1 aromatic heterocycles. The van der Waals surface area contributed by atoms with E-state index in [0.29, 0.717) is 23.8 Å². The number of sulfonamides is 1. The van der Waals surface area contributed by atoms with Gasteiger partial charge in [0.15, 0.2) is 5.69 Å². The number of amides is 1. The van der Waals surface area contributed by atoms with Gasteiger partial charge >= 0.3 is 0 Å². The molecule has 2 N–H and O–H groups in total. The van der Waals surface area contributed by atoms with E-state index < -0.39 is 10.0 Å². The van der Waals surface area contributed by atoms with E-state index in [1.807, 2.05) is 0 Å². The number of hydrogen-bond acceptors (Lipinski definition) is 4. The summed E-state index contributed by atoms with van der Waals surface area (Å²) < 4.78 is 29.0. The largest absolute Gasteiger partial charge is 0.350 e. The van der Waals surface area contributed by atoms with Gasteiger partial charge in [-0.25, -0.2) is 18.1 Å². The first kappa shape index (κ1) is 17.6. The molecule has 1 aliphatic rings. The van der Waals surface area contributed by atoms with Crippen LogP contribution in [0.2, 0.25) is 0 Å². The summed E-state index contributed by atoms with van der Waals surface area (Å²) in [6.45, 7) is 4.79. The summed E-state index contributed by atoms with van der Waals surface area (Å²) in [5, 5.41) is 2.91. The molecule has 0 radical (unpaired) electrons. The number of aromatic nitrogens is 2. The zero-order chi connectivity index (χ0) is 18.0. The van der Waals surface area contributed by atoms with Crippen molar-refractivity contribution in [1.29, 1.82) is 0 Å². The van der Waals surface area contributed by atoms with Crippen molar-refractivity contribution in [3.8, 4) is 5.69 Å². The maximum absolute atomic E-state index is 12.5. The molecule has 7 nitrogen and oxygen atoms in total. The Bertz CT molecular complexity index is 885. The summed E-state index contributed by atoms with van der Waals surface area (Å²) in [7, 11) is -3.62. The van der Waals surface area contributed by atoms with Gasteiger partial charge in [0.2, 0.25) is 10.0 Å². The highest BCUT2D eigenvalue weighted by molar-refractivity contribution is 7.89. The number of carbonyl (C=O) groups is 1. The molecule has 1 aromatic carbocycles. The van der Waals surface area contributed by atoms with Crippen molar-refractivity contribution in [1.82, 2.24) is 19.6 Å². The first-order valence-electron chi connectivity index (χ1n) is 8.41. The maximum Gasteiger partial charge on any atom is 0.271 e. The zero-order valence-electron chi connectivity index (χ0n) is 14.3. The SMILES string of the molecule is CCC(CC)CNC(=O)c1ncn2c1CNS(=O)(=O)c1ccccc1-2. The molecule has 0 saturated heterocycles. The summed E-state index contributed by atoms with van der Waals surface area (Å²) in [5.41, 5.74) is 1.29.